The van der Waals surface area contributed by atoms with Gasteiger partial charge in [0.15, 0.2) is 11.2 Å². The first-order valence-corrected chi connectivity index (χ1v) is 23.7. The van der Waals surface area contributed by atoms with Gasteiger partial charge in [-0.05, 0) is 112 Å². The zero-order valence-electron chi connectivity index (χ0n) is 38.1. The number of rotatable bonds is 10. The van der Waals surface area contributed by atoms with Gasteiger partial charge in [-0.2, -0.15) is 0 Å². The highest BCUT2D eigenvalue weighted by Gasteiger charge is 2.24. The van der Waals surface area contributed by atoms with Crippen LogP contribution in [0.25, 0.3) is 88.4 Å². The summed E-state index contributed by atoms with van der Waals surface area (Å²) in [6, 6.07) is 94.7. The van der Waals surface area contributed by atoms with Crippen LogP contribution in [0.5, 0.6) is 0 Å². The molecule has 0 unspecified atom stereocenters. The maximum Gasteiger partial charge on any atom is 0.159 e. The van der Waals surface area contributed by atoms with Crippen molar-refractivity contribution in [2.45, 2.75) is 0 Å². The fourth-order valence-electron chi connectivity index (χ4n) is 10.1. The minimum absolute atomic E-state index is 0.840. The summed E-state index contributed by atoms with van der Waals surface area (Å²) in [5, 5.41) is 4.36. The number of furan rings is 2. The smallest absolute Gasteiger partial charge is 0.159 e. The summed E-state index contributed by atoms with van der Waals surface area (Å²) < 4.78 is 13.4. The van der Waals surface area contributed by atoms with Crippen molar-refractivity contribution in [2.75, 3.05) is 9.80 Å². The molecule has 0 aliphatic carbocycles. The van der Waals surface area contributed by atoms with Gasteiger partial charge in [0.05, 0.1) is 17.1 Å². The van der Waals surface area contributed by atoms with Crippen LogP contribution in [0.4, 0.5) is 34.1 Å². The lowest BCUT2D eigenvalue weighted by Gasteiger charge is -2.28. The van der Waals surface area contributed by atoms with E-state index in [2.05, 4.69) is 252 Å². The minimum atomic E-state index is 0.840. The second-order valence-corrected chi connectivity index (χ2v) is 17.6. The van der Waals surface area contributed by atoms with Crippen molar-refractivity contribution in [3.05, 3.63) is 267 Å². The first kappa shape index (κ1) is 40.9. The summed E-state index contributed by atoms with van der Waals surface area (Å²) in [6.45, 7) is 0. The molecule has 13 rings (SSSR count). The summed E-state index contributed by atoms with van der Waals surface area (Å²) in [5.74, 6) is 0. The van der Waals surface area contributed by atoms with Crippen molar-refractivity contribution >= 4 is 78.0 Å². The monoisotopic (exact) mass is 896 g/mol. The van der Waals surface area contributed by atoms with Gasteiger partial charge in [0.1, 0.15) is 11.2 Å². The van der Waals surface area contributed by atoms with Crippen LogP contribution < -0.4 is 9.80 Å². The fourth-order valence-corrected chi connectivity index (χ4v) is 10.1. The first-order chi connectivity index (χ1) is 34.7. The molecule has 0 aliphatic rings. The van der Waals surface area contributed by atoms with E-state index in [-0.39, 0.29) is 0 Å². The molecule has 0 amide bonds. The van der Waals surface area contributed by atoms with Crippen LogP contribution in [0.3, 0.4) is 0 Å². The van der Waals surface area contributed by atoms with Crippen LogP contribution in [0, 0.1) is 0 Å². The number of benzene rings is 11. The molecule has 2 aromatic heterocycles. The summed E-state index contributed by atoms with van der Waals surface area (Å²) >= 11 is 0. The van der Waals surface area contributed by atoms with E-state index in [9.17, 15) is 0 Å². The van der Waals surface area contributed by atoms with Crippen molar-refractivity contribution in [2.24, 2.45) is 0 Å². The molecule has 0 atom stereocenters. The standard InChI is InChI=1S/C66H44N2O2/c1-4-16-45(17-5-1)47-30-37-52(38-31-47)67(61-26-14-24-57-55-22-10-12-28-63(55)69-65(57)61)53-39-34-49(35-40-53)51-36-43-60(59(44-51)50-20-8-3-9-21-50)68(54-41-32-48(33-42-54)46-18-6-2-7-19-46)62-27-15-25-58-56-23-11-13-29-64(56)70-66(58)62/h1-44H. The highest BCUT2D eigenvalue weighted by molar-refractivity contribution is 6.12. The molecule has 11 aromatic carbocycles. The maximum atomic E-state index is 6.75. The summed E-state index contributed by atoms with van der Waals surface area (Å²) in [7, 11) is 0. The van der Waals surface area contributed by atoms with Crippen molar-refractivity contribution in [3.63, 3.8) is 0 Å². The van der Waals surface area contributed by atoms with E-state index < -0.39 is 0 Å². The Balaban J connectivity index is 0.945. The van der Waals surface area contributed by atoms with Crippen molar-refractivity contribution in [1.82, 2.24) is 0 Å². The lowest BCUT2D eigenvalue weighted by Crippen LogP contribution is -2.11. The van der Waals surface area contributed by atoms with Crippen LogP contribution in [0.1, 0.15) is 0 Å². The number of hydrogen-bond donors (Lipinski definition) is 0. The third-order valence-corrected chi connectivity index (χ3v) is 13.5. The van der Waals surface area contributed by atoms with E-state index in [4.69, 9.17) is 8.83 Å². The molecular weight excluding hydrogens is 853 g/mol. The third-order valence-electron chi connectivity index (χ3n) is 13.5. The highest BCUT2D eigenvalue weighted by atomic mass is 16.3. The number of hydrogen-bond acceptors (Lipinski definition) is 4. The van der Waals surface area contributed by atoms with E-state index >= 15 is 0 Å². The number of para-hydroxylation sites is 4. The number of anilines is 6. The average molecular weight is 897 g/mol. The zero-order valence-corrected chi connectivity index (χ0v) is 38.1. The Bertz CT molecular complexity index is 3970. The van der Waals surface area contributed by atoms with E-state index in [1.807, 2.05) is 24.3 Å². The van der Waals surface area contributed by atoms with E-state index in [0.717, 1.165) is 111 Å². The summed E-state index contributed by atoms with van der Waals surface area (Å²) in [6.07, 6.45) is 0. The predicted molar refractivity (Wildman–Crippen MR) is 292 cm³/mol. The minimum Gasteiger partial charge on any atom is -0.454 e. The molecule has 0 spiro atoms. The SMILES string of the molecule is c1ccc(-c2ccc(N(c3ccc(-c4ccc(N(c5ccc(-c6ccccc6)cc5)c5cccc6c5oc5ccccc56)c(-c5ccccc5)c4)cc3)c3cccc4c3oc3ccccc34)cc2)cc1. The van der Waals surface area contributed by atoms with Crippen molar-refractivity contribution < 1.29 is 8.83 Å². The van der Waals surface area contributed by atoms with Gasteiger partial charge >= 0.3 is 0 Å². The van der Waals surface area contributed by atoms with Crippen LogP contribution in [-0.2, 0) is 0 Å². The molecule has 0 saturated heterocycles. The third kappa shape index (κ3) is 7.27. The topological polar surface area (TPSA) is 32.8 Å². The number of nitrogens with zero attached hydrogens (tertiary/aromatic N) is 2. The molecule has 4 nitrogen and oxygen atoms in total. The van der Waals surface area contributed by atoms with E-state index in [1.165, 1.54) is 11.1 Å². The zero-order chi connectivity index (χ0) is 46.4. The molecule has 13 aromatic rings. The number of fused-ring (bicyclic) bond motifs is 6. The second-order valence-electron chi connectivity index (χ2n) is 17.6. The maximum absolute atomic E-state index is 6.75. The first-order valence-electron chi connectivity index (χ1n) is 23.7. The molecular formula is C66H44N2O2. The van der Waals surface area contributed by atoms with Crippen LogP contribution in [0.2, 0.25) is 0 Å². The van der Waals surface area contributed by atoms with Gasteiger partial charge in [0.2, 0.25) is 0 Å². The summed E-state index contributed by atoms with van der Waals surface area (Å²) in [5.41, 5.74) is 18.6. The van der Waals surface area contributed by atoms with Gasteiger partial charge in [0.25, 0.3) is 0 Å². The largest absolute Gasteiger partial charge is 0.454 e. The lowest BCUT2D eigenvalue weighted by atomic mass is 9.95. The average Bonchev–Trinajstić information content (AvgIpc) is 4.02. The van der Waals surface area contributed by atoms with Gasteiger partial charge in [-0.3, -0.25) is 0 Å². The molecule has 0 aliphatic heterocycles. The Hall–Kier alpha value is -9.38. The molecule has 0 N–H and O–H groups in total. The normalized spacial score (nSPS) is 11.4. The van der Waals surface area contributed by atoms with Crippen LogP contribution >= 0.6 is 0 Å². The molecule has 0 radical (unpaired) electrons. The Morgan fingerprint density at radius 3 is 1.07 bits per heavy atom. The van der Waals surface area contributed by atoms with Gasteiger partial charge in [-0.1, -0.05) is 194 Å². The molecule has 0 fully saturated rings. The molecule has 70 heavy (non-hydrogen) atoms. The fraction of sp³-hybridized carbons (Fsp3) is 0. The lowest BCUT2D eigenvalue weighted by molar-refractivity contribution is 0.668. The van der Waals surface area contributed by atoms with E-state index in [0.29, 0.717) is 0 Å². The Morgan fingerprint density at radius 1 is 0.229 bits per heavy atom. The second kappa shape index (κ2) is 17.4. The molecule has 330 valence electrons. The van der Waals surface area contributed by atoms with Gasteiger partial charge < -0.3 is 18.6 Å². The summed E-state index contributed by atoms with van der Waals surface area (Å²) in [4.78, 5) is 4.66. The van der Waals surface area contributed by atoms with Crippen LogP contribution in [-0.4, -0.2) is 0 Å². The Kier molecular flexibility index (Phi) is 10.1. The Morgan fingerprint density at radius 2 is 0.586 bits per heavy atom. The van der Waals surface area contributed by atoms with Crippen LogP contribution in [0.15, 0.2) is 276 Å². The molecule has 4 heteroatoms. The predicted octanol–water partition coefficient (Wildman–Crippen LogP) is 19.1. The van der Waals surface area contributed by atoms with Crippen molar-refractivity contribution in [1.29, 1.82) is 0 Å². The van der Waals surface area contributed by atoms with Gasteiger partial charge in [-0.25, -0.2) is 0 Å². The molecule has 0 bridgehead atoms. The highest BCUT2D eigenvalue weighted by Crippen LogP contribution is 2.48. The Labute approximate surface area is 406 Å². The molecule has 2 heterocycles. The molecule has 0 saturated carbocycles. The quantitative estimate of drug-likeness (QED) is 0.137. The van der Waals surface area contributed by atoms with Crippen molar-refractivity contribution in [3.8, 4) is 44.5 Å². The van der Waals surface area contributed by atoms with E-state index in [1.54, 1.807) is 0 Å². The van der Waals surface area contributed by atoms with Gasteiger partial charge in [-0.15, -0.1) is 0 Å². The van der Waals surface area contributed by atoms with Gasteiger partial charge in [0, 0.05) is 44.2 Å².